The molecule has 0 bridgehead atoms. The maximum Gasteiger partial charge on any atom is 0.243 e. The zero-order chi connectivity index (χ0) is 16.4. The molecule has 1 saturated carbocycles. The predicted molar refractivity (Wildman–Crippen MR) is 91.1 cm³/mol. The Labute approximate surface area is 142 Å². The molecular weight excluding hydrogens is 312 g/mol. The van der Waals surface area contributed by atoms with E-state index in [0.717, 1.165) is 12.8 Å². The summed E-state index contributed by atoms with van der Waals surface area (Å²) in [6.45, 7) is 5.41. The predicted octanol–water partition coefficient (Wildman–Crippen LogP) is 2.15. The van der Waals surface area contributed by atoms with Crippen molar-refractivity contribution >= 4 is 23.6 Å². The van der Waals surface area contributed by atoms with Crippen LogP contribution < -0.4 is 5.32 Å². The van der Waals surface area contributed by atoms with E-state index in [2.05, 4.69) is 19.2 Å². The summed E-state index contributed by atoms with van der Waals surface area (Å²) in [6.07, 6.45) is 6.68. The van der Waals surface area contributed by atoms with Gasteiger partial charge in [-0.25, -0.2) is 0 Å². The number of fused-ring (bicyclic) bond motifs is 1. The number of hydrogen-bond donors (Lipinski definition) is 1. The summed E-state index contributed by atoms with van der Waals surface area (Å²) in [5.41, 5.74) is 0. The van der Waals surface area contributed by atoms with Gasteiger partial charge in [-0.2, -0.15) is 0 Å². The van der Waals surface area contributed by atoms with E-state index < -0.39 is 0 Å². The first-order valence-corrected chi connectivity index (χ1v) is 9.85. The number of carbonyl (C=O) groups excluding carboxylic acids is 2. The van der Waals surface area contributed by atoms with Crippen LogP contribution in [0.4, 0.5) is 0 Å². The first kappa shape index (κ1) is 17.1. The van der Waals surface area contributed by atoms with Gasteiger partial charge in [0.15, 0.2) is 0 Å². The van der Waals surface area contributed by atoms with E-state index in [-0.39, 0.29) is 22.7 Å². The number of nitrogens with one attached hydrogen (secondary N) is 1. The third-order valence-corrected chi connectivity index (χ3v) is 7.02. The van der Waals surface area contributed by atoms with Crippen molar-refractivity contribution < 1.29 is 14.3 Å². The molecule has 2 amide bonds. The molecular formula is C17H28N2O3S. The van der Waals surface area contributed by atoms with Crippen LogP contribution in [-0.2, 0) is 14.3 Å². The lowest BCUT2D eigenvalue weighted by Crippen LogP contribution is -2.50. The first-order chi connectivity index (χ1) is 11.0. The van der Waals surface area contributed by atoms with E-state index in [1.165, 1.54) is 19.3 Å². The SMILES string of the molecule is CC1CCCCC1OCCNC(=O)C1CSC2(C)CCC(=O)N12. The number of nitrogens with zero attached hydrogens (tertiary/aromatic N) is 1. The van der Waals surface area contributed by atoms with Crippen LogP contribution in [0.3, 0.4) is 0 Å². The smallest absolute Gasteiger partial charge is 0.243 e. The van der Waals surface area contributed by atoms with E-state index in [1.54, 1.807) is 16.7 Å². The molecule has 23 heavy (non-hydrogen) atoms. The van der Waals surface area contributed by atoms with Gasteiger partial charge in [-0.3, -0.25) is 9.59 Å². The van der Waals surface area contributed by atoms with Crippen molar-refractivity contribution in [3.05, 3.63) is 0 Å². The Morgan fingerprint density at radius 1 is 1.43 bits per heavy atom. The van der Waals surface area contributed by atoms with Crippen LogP contribution in [0.15, 0.2) is 0 Å². The highest BCUT2D eigenvalue weighted by molar-refractivity contribution is 8.01. The molecule has 2 saturated heterocycles. The summed E-state index contributed by atoms with van der Waals surface area (Å²) in [5, 5.41) is 2.96. The molecule has 4 unspecified atom stereocenters. The van der Waals surface area contributed by atoms with Crippen LogP contribution >= 0.6 is 11.8 Å². The summed E-state index contributed by atoms with van der Waals surface area (Å²) < 4.78 is 5.94. The minimum Gasteiger partial charge on any atom is -0.376 e. The standard InChI is InChI=1S/C17H28N2O3S/c1-12-5-3-4-6-14(12)22-10-9-18-16(21)13-11-23-17(2)8-7-15(20)19(13)17/h12-14H,3-11H2,1-2H3,(H,18,21). The molecule has 2 aliphatic heterocycles. The Bertz CT molecular complexity index is 473. The molecule has 2 heterocycles. The molecule has 130 valence electrons. The monoisotopic (exact) mass is 340 g/mol. The average Bonchev–Trinajstić information content (AvgIpc) is 3.02. The first-order valence-electron chi connectivity index (χ1n) is 8.87. The minimum atomic E-state index is -0.311. The summed E-state index contributed by atoms with van der Waals surface area (Å²) in [5.74, 6) is 1.41. The molecule has 0 aromatic heterocycles. The molecule has 0 aromatic carbocycles. The second-order valence-electron chi connectivity index (χ2n) is 7.23. The van der Waals surface area contributed by atoms with E-state index in [1.807, 2.05) is 0 Å². The van der Waals surface area contributed by atoms with Crippen molar-refractivity contribution in [3.63, 3.8) is 0 Å². The van der Waals surface area contributed by atoms with Crippen LogP contribution in [0.1, 0.15) is 52.4 Å². The Balaban J connectivity index is 1.42. The van der Waals surface area contributed by atoms with Gasteiger partial charge in [0, 0.05) is 18.7 Å². The molecule has 1 aliphatic carbocycles. The highest BCUT2D eigenvalue weighted by Gasteiger charge is 2.52. The summed E-state index contributed by atoms with van der Waals surface area (Å²) in [6, 6.07) is -0.311. The summed E-state index contributed by atoms with van der Waals surface area (Å²) in [4.78, 5) is 26.1. The fourth-order valence-electron chi connectivity index (χ4n) is 4.05. The van der Waals surface area contributed by atoms with Crippen molar-refractivity contribution in [2.45, 2.75) is 69.4 Å². The fourth-order valence-corrected chi connectivity index (χ4v) is 5.48. The van der Waals surface area contributed by atoms with E-state index >= 15 is 0 Å². The molecule has 0 radical (unpaired) electrons. The highest BCUT2D eigenvalue weighted by Crippen LogP contribution is 2.47. The van der Waals surface area contributed by atoms with Gasteiger partial charge in [-0.15, -0.1) is 11.8 Å². The summed E-state index contributed by atoms with van der Waals surface area (Å²) in [7, 11) is 0. The molecule has 6 heteroatoms. The Hall–Kier alpha value is -0.750. The van der Waals surface area contributed by atoms with E-state index in [9.17, 15) is 9.59 Å². The van der Waals surface area contributed by atoms with Crippen molar-refractivity contribution in [1.29, 1.82) is 0 Å². The normalized spacial score (nSPS) is 37.0. The van der Waals surface area contributed by atoms with Gasteiger partial charge in [0.2, 0.25) is 11.8 Å². The Morgan fingerprint density at radius 2 is 2.22 bits per heavy atom. The van der Waals surface area contributed by atoms with Gasteiger partial charge in [-0.05, 0) is 32.1 Å². The highest BCUT2D eigenvalue weighted by atomic mass is 32.2. The van der Waals surface area contributed by atoms with Crippen molar-refractivity contribution in [2.24, 2.45) is 5.92 Å². The van der Waals surface area contributed by atoms with Gasteiger partial charge >= 0.3 is 0 Å². The number of ether oxygens (including phenoxy) is 1. The van der Waals surface area contributed by atoms with Gasteiger partial charge in [0.25, 0.3) is 0 Å². The minimum absolute atomic E-state index is 0.0308. The molecule has 5 nitrogen and oxygen atoms in total. The van der Waals surface area contributed by atoms with Crippen LogP contribution in [0.5, 0.6) is 0 Å². The molecule has 3 aliphatic rings. The van der Waals surface area contributed by atoms with E-state index in [4.69, 9.17) is 4.74 Å². The number of amides is 2. The summed E-state index contributed by atoms with van der Waals surface area (Å²) >= 11 is 1.73. The van der Waals surface area contributed by atoms with Gasteiger partial charge < -0.3 is 15.0 Å². The third-order valence-electron chi connectivity index (χ3n) is 5.51. The van der Waals surface area contributed by atoms with Gasteiger partial charge in [-0.1, -0.05) is 19.8 Å². The number of carbonyl (C=O) groups is 2. The molecule has 0 spiro atoms. The fraction of sp³-hybridized carbons (Fsp3) is 0.882. The van der Waals surface area contributed by atoms with E-state index in [0.29, 0.717) is 37.3 Å². The maximum atomic E-state index is 12.4. The number of rotatable bonds is 5. The lowest BCUT2D eigenvalue weighted by atomic mass is 9.88. The quantitative estimate of drug-likeness (QED) is 0.779. The lowest BCUT2D eigenvalue weighted by Gasteiger charge is -2.30. The number of thioether (sulfide) groups is 1. The lowest BCUT2D eigenvalue weighted by molar-refractivity contribution is -0.138. The van der Waals surface area contributed by atoms with Gasteiger partial charge in [0.05, 0.1) is 17.6 Å². The zero-order valence-corrected chi connectivity index (χ0v) is 15.0. The molecule has 1 N–H and O–H groups in total. The molecule has 0 aromatic rings. The third kappa shape index (κ3) is 3.53. The maximum absolute atomic E-state index is 12.4. The van der Waals surface area contributed by atoms with Crippen LogP contribution in [-0.4, -0.2) is 52.6 Å². The topological polar surface area (TPSA) is 58.6 Å². The largest absolute Gasteiger partial charge is 0.376 e. The average molecular weight is 340 g/mol. The Morgan fingerprint density at radius 3 is 3.00 bits per heavy atom. The van der Waals surface area contributed by atoms with Crippen molar-refractivity contribution in [2.75, 3.05) is 18.9 Å². The number of hydrogen-bond acceptors (Lipinski definition) is 4. The molecule has 3 fully saturated rings. The van der Waals surface area contributed by atoms with Crippen molar-refractivity contribution in [1.82, 2.24) is 10.2 Å². The second kappa shape index (κ2) is 7.01. The van der Waals surface area contributed by atoms with Crippen LogP contribution in [0, 0.1) is 5.92 Å². The Kier molecular flexibility index (Phi) is 5.21. The molecule has 3 rings (SSSR count). The second-order valence-corrected chi connectivity index (χ2v) is 8.73. The van der Waals surface area contributed by atoms with Crippen LogP contribution in [0.25, 0.3) is 0 Å². The zero-order valence-electron chi connectivity index (χ0n) is 14.2. The van der Waals surface area contributed by atoms with Gasteiger partial charge in [0.1, 0.15) is 6.04 Å². The molecule has 4 atom stereocenters. The van der Waals surface area contributed by atoms with Crippen LogP contribution in [0.2, 0.25) is 0 Å². The van der Waals surface area contributed by atoms with Crippen molar-refractivity contribution in [3.8, 4) is 0 Å².